The van der Waals surface area contributed by atoms with Crippen molar-refractivity contribution >= 4 is 0 Å². The molecular formula is C12H15N3O2. The predicted octanol–water partition coefficient (Wildman–Crippen LogP) is 1.71. The Kier molecular flexibility index (Phi) is 3.08. The summed E-state index contributed by atoms with van der Waals surface area (Å²) in [6, 6.07) is 3.62. The van der Waals surface area contributed by atoms with Crippen molar-refractivity contribution in [1.82, 2.24) is 14.7 Å². The Morgan fingerprint density at radius 3 is 2.88 bits per heavy atom. The van der Waals surface area contributed by atoms with Gasteiger partial charge >= 0.3 is 0 Å². The molecule has 5 nitrogen and oxygen atoms in total. The number of pyridine rings is 1. The third-order valence-corrected chi connectivity index (χ3v) is 2.50. The molecule has 0 aromatic carbocycles. The molecule has 0 aliphatic rings. The molecule has 0 saturated carbocycles. The van der Waals surface area contributed by atoms with Gasteiger partial charge in [-0.25, -0.2) is 0 Å². The molecule has 0 aliphatic carbocycles. The molecule has 0 bridgehead atoms. The third-order valence-electron chi connectivity index (χ3n) is 2.50. The minimum Gasteiger partial charge on any atom is -0.339 e. The van der Waals surface area contributed by atoms with Crippen LogP contribution in [-0.2, 0) is 6.54 Å². The number of hydrogen-bond acceptors (Lipinski definition) is 4. The van der Waals surface area contributed by atoms with Gasteiger partial charge in [0.05, 0.1) is 6.54 Å². The van der Waals surface area contributed by atoms with Crippen LogP contribution < -0.4 is 5.56 Å². The Balaban J connectivity index is 2.26. The highest BCUT2D eigenvalue weighted by atomic mass is 16.5. The average molecular weight is 233 g/mol. The number of hydrogen-bond donors (Lipinski definition) is 0. The quantitative estimate of drug-likeness (QED) is 0.809. The van der Waals surface area contributed by atoms with Crippen molar-refractivity contribution in [3.8, 4) is 0 Å². The number of aryl methyl sites for hydroxylation is 1. The van der Waals surface area contributed by atoms with Gasteiger partial charge in [0.2, 0.25) is 5.89 Å². The van der Waals surface area contributed by atoms with Crippen molar-refractivity contribution in [3.05, 3.63) is 46.0 Å². The lowest BCUT2D eigenvalue weighted by atomic mass is 10.2. The minimum absolute atomic E-state index is 0.0246. The van der Waals surface area contributed by atoms with Gasteiger partial charge < -0.3 is 9.09 Å². The van der Waals surface area contributed by atoms with E-state index in [9.17, 15) is 4.79 Å². The molecule has 0 amide bonds. The Hall–Kier alpha value is -1.91. The summed E-state index contributed by atoms with van der Waals surface area (Å²) < 4.78 is 6.67. The standard InChI is InChI=1S/C12H15N3O2/c1-8(2)11-13-10(14-17-11)7-15-6-4-5-9(3)12(15)16/h4-6,8H,7H2,1-3H3. The van der Waals surface area contributed by atoms with E-state index in [1.807, 2.05) is 19.9 Å². The number of nitrogens with zero attached hydrogens (tertiary/aromatic N) is 3. The van der Waals surface area contributed by atoms with Crippen LogP contribution in [0.2, 0.25) is 0 Å². The molecule has 0 N–H and O–H groups in total. The first kappa shape index (κ1) is 11.6. The summed E-state index contributed by atoms with van der Waals surface area (Å²) >= 11 is 0. The molecule has 0 saturated heterocycles. The van der Waals surface area contributed by atoms with Gasteiger partial charge in [-0.1, -0.05) is 25.1 Å². The van der Waals surface area contributed by atoms with Crippen LogP contribution in [0.4, 0.5) is 0 Å². The zero-order valence-corrected chi connectivity index (χ0v) is 10.2. The van der Waals surface area contributed by atoms with Crippen molar-refractivity contribution < 1.29 is 4.52 Å². The van der Waals surface area contributed by atoms with Gasteiger partial charge in [-0.2, -0.15) is 4.98 Å². The zero-order chi connectivity index (χ0) is 12.4. The fourth-order valence-corrected chi connectivity index (χ4v) is 1.50. The van der Waals surface area contributed by atoms with Gasteiger partial charge in [-0.3, -0.25) is 4.79 Å². The number of rotatable bonds is 3. The molecule has 0 radical (unpaired) electrons. The summed E-state index contributed by atoms with van der Waals surface area (Å²) in [6.45, 7) is 6.09. The first-order valence-corrected chi connectivity index (χ1v) is 5.56. The van der Waals surface area contributed by atoms with Crippen LogP contribution in [0.5, 0.6) is 0 Å². The van der Waals surface area contributed by atoms with Crippen molar-refractivity contribution in [2.75, 3.05) is 0 Å². The molecule has 0 atom stereocenters. The average Bonchev–Trinajstić information content (AvgIpc) is 2.73. The smallest absolute Gasteiger partial charge is 0.253 e. The lowest BCUT2D eigenvalue weighted by molar-refractivity contribution is 0.359. The maximum atomic E-state index is 11.8. The van der Waals surface area contributed by atoms with Gasteiger partial charge in [0.1, 0.15) is 0 Å². The highest BCUT2D eigenvalue weighted by molar-refractivity contribution is 5.08. The predicted molar refractivity (Wildman–Crippen MR) is 62.9 cm³/mol. The Morgan fingerprint density at radius 1 is 1.47 bits per heavy atom. The Morgan fingerprint density at radius 2 is 2.24 bits per heavy atom. The van der Waals surface area contributed by atoms with Gasteiger partial charge in [-0.05, 0) is 13.0 Å². The lowest BCUT2D eigenvalue weighted by Crippen LogP contribution is -2.22. The fraction of sp³-hybridized carbons (Fsp3) is 0.417. The first-order chi connectivity index (χ1) is 8.08. The van der Waals surface area contributed by atoms with Crippen molar-refractivity contribution in [1.29, 1.82) is 0 Å². The summed E-state index contributed by atoms with van der Waals surface area (Å²) in [7, 11) is 0. The van der Waals surface area contributed by atoms with E-state index in [1.54, 1.807) is 23.8 Å². The molecule has 0 spiro atoms. The molecule has 90 valence electrons. The molecular weight excluding hydrogens is 218 g/mol. The van der Waals surface area contributed by atoms with Gasteiger partial charge in [-0.15, -0.1) is 0 Å². The summed E-state index contributed by atoms with van der Waals surface area (Å²) in [4.78, 5) is 16.0. The molecule has 2 aromatic heterocycles. The summed E-state index contributed by atoms with van der Waals surface area (Å²) in [5.74, 6) is 1.33. The normalized spacial score (nSPS) is 11.1. The van der Waals surface area contributed by atoms with E-state index in [0.29, 0.717) is 23.8 Å². The van der Waals surface area contributed by atoms with Crippen LogP contribution >= 0.6 is 0 Å². The van der Waals surface area contributed by atoms with Gasteiger partial charge in [0.25, 0.3) is 5.56 Å². The van der Waals surface area contributed by atoms with E-state index in [4.69, 9.17) is 4.52 Å². The van der Waals surface area contributed by atoms with Crippen LogP contribution in [-0.4, -0.2) is 14.7 Å². The molecule has 0 fully saturated rings. The van der Waals surface area contributed by atoms with E-state index >= 15 is 0 Å². The molecule has 17 heavy (non-hydrogen) atoms. The maximum Gasteiger partial charge on any atom is 0.253 e. The monoisotopic (exact) mass is 233 g/mol. The summed E-state index contributed by atoms with van der Waals surface area (Å²) in [5, 5.41) is 3.86. The van der Waals surface area contributed by atoms with E-state index in [2.05, 4.69) is 10.1 Å². The second kappa shape index (κ2) is 4.53. The van der Waals surface area contributed by atoms with Gasteiger partial charge in [0, 0.05) is 17.7 Å². The third kappa shape index (κ3) is 2.43. The van der Waals surface area contributed by atoms with Crippen LogP contribution in [0, 0.1) is 6.92 Å². The van der Waals surface area contributed by atoms with Crippen molar-refractivity contribution in [2.45, 2.75) is 33.2 Å². The van der Waals surface area contributed by atoms with E-state index in [-0.39, 0.29) is 11.5 Å². The topological polar surface area (TPSA) is 60.9 Å². The number of aromatic nitrogens is 3. The van der Waals surface area contributed by atoms with Crippen molar-refractivity contribution in [2.24, 2.45) is 0 Å². The zero-order valence-electron chi connectivity index (χ0n) is 10.2. The van der Waals surface area contributed by atoms with Crippen LogP contribution in [0.15, 0.2) is 27.6 Å². The molecule has 2 heterocycles. The molecule has 2 aromatic rings. The highest BCUT2D eigenvalue weighted by Gasteiger charge is 2.10. The van der Waals surface area contributed by atoms with Gasteiger partial charge in [0.15, 0.2) is 5.82 Å². The first-order valence-electron chi connectivity index (χ1n) is 5.56. The molecule has 2 rings (SSSR count). The van der Waals surface area contributed by atoms with Crippen molar-refractivity contribution in [3.63, 3.8) is 0 Å². The molecule has 5 heteroatoms. The maximum absolute atomic E-state index is 11.8. The largest absolute Gasteiger partial charge is 0.339 e. The Labute approximate surface area is 99.1 Å². The highest BCUT2D eigenvalue weighted by Crippen LogP contribution is 2.10. The van der Waals surface area contributed by atoms with Crippen LogP contribution in [0.25, 0.3) is 0 Å². The lowest BCUT2D eigenvalue weighted by Gasteiger charge is -2.02. The molecule has 0 aliphatic heterocycles. The second-order valence-corrected chi connectivity index (χ2v) is 4.33. The molecule has 0 unspecified atom stereocenters. The minimum atomic E-state index is -0.0246. The fourth-order valence-electron chi connectivity index (χ4n) is 1.50. The SMILES string of the molecule is Cc1cccn(Cc2noc(C(C)C)n2)c1=O. The Bertz CT molecular complexity index is 569. The summed E-state index contributed by atoms with van der Waals surface area (Å²) in [6.07, 6.45) is 1.72. The van der Waals surface area contributed by atoms with Crippen LogP contribution in [0.3, 0.4) is 0 Å². The summed E-state index contributed by atoms with van der Waals surface area (Å²) in [5.41, 5.74) is 0.684. The van der Waals surface area contributed by atoms with E-state index in [0.717, 1.165) is 0 Å². The van der Waals surface area contributed by atoms with Crippen LogP contribution in [0.1, 0.15) is 37.0 Å². The second-order valence-electron chi connectivity index (χ2n) is 4.33. The van der Waals surface area contributed by atoms with E-state index < -0.39 is 0 Å². The van der Waals surface area contributed by atoms with E-state index in [1.165, 1.54) is 0 Å².